The molecular formula is C18H26N2O2. The molecule has 2 atom stereocenters. The second-order valence-corrected chi connectivity index (χ2v) is 5.73. The Morgan fingerprint density at radius 2 is 2.23 bits per heavy atom. The summed E-state index contributed by atoms with van der Waals surface area (Å²) in [5.74, 6) is 0.744. The Bertz CT molecular complexity index is 542. The number of fused-ring (bicyclic) bond motifs is 1. The van der Waals surface area contributed by atoms with Crippen LogP contribution in [0.1, 0.15) is 51.1 Å². The highest BCUT2D eigenvalue weighted by atomic mass is 16.5. The number of amides is 1. The van der Waals surface area contributed by atoms with Crippen LogP contribution in [-0.4, -0.2) is 18.6 Å². The topological polar surface area (TPSA) is 55.6 Å². The van der Waals surface area contributed by atoms with E-state index >= 15 is 0 Å². The SMILES string of the molecule is C=CCN1C(=O)C(CC)Oc2ccc(C(N)CCCC)cc21. The number of nitrogens with zero attached hydrogens (tertiary/aromatic N) is 1. The van der Waals surface area contributed by atoms with Gasteiger partial charge in [-0.2, -0.15) is 0 Å². The van der Waals surface area contributed by atoms with Crippen molar-refractivity contribution in [3.05, 3.63) is 36.4 Å². The maximum Gasteiger partial charge on any atom is 0.268 e. The molecule has 0 spiro atoms. The van der Waals surface area contributed by atoms with Gasteiger partial charge in [-0.3, -0.25) is 4.79 Å². The molecule has 0 saturated heterocycles. The summed E-state index contributed by atoms with van der Waals surface area (Å²) in [6, 6.07) is 5.92. The molecule has 1 aromatic carbocycles. The first-order valence-electron chi connectivity index (χ1n) is 8.10. The summed E-state index contributed by atoms with van der Waals surface area (Å²) in [5, 5.41) is 0. The van der Waals surface area contributed by atoms with Gasteiger partial charge in [0.1, 0.15) is 5.75 Å². The van der Waals surface area contributed by atoms with Crippen molar-refractivity contribution in [1.82, 2.24) is 0 Å². The van der Waals surface area contributed by atoms with Gasteiger partial charge in [0.15, 0.2) is 6.10 Å². The van der Waals surface area contributed by atoms with Crippen molar-refractivity contribution in [2.24, 2.45) is 5.73 Å². The van der Waals surface area contributed by atoms with Gasteiger partial charge >= 0.3 is 0 Å². The fourth-order valence-corrected chi connectivity index (χ4v) is 2.74. The average molecular weight is 302 g/mol. The molecule has 2 N–H and O–H groups in total. The molecular weight excluding hydrogens is 276 g/mol. The Balaban J connectivity index is 2.33. The van der Waals surface area contributed by atoms with Crippen molar-refractivity contribution in [2.75, 3.05) is 11.4 Å². The largest absolute Gasteiger partial charge is 0.478 e. The first-order chi connectivity index (χ1) is 10.6. The minimum absolute atomic E-state index is 0.00479. The van der Waals surface area contributed by atoms with E-state index in [0.29, 0.717) is 13.0 Å². The summed E-state index contributed by atoms with van der Waals surface area (Å²) < 4.78 is 5.82. The van der Waals surface area contributed by atoms with E-state index in [4.69, 9.17) is 10.5 Å². The van der Waals surface area contributed by atoms with Gasteiger partial charge in [0.05, 0.1) is 5.69 Å². The standard InChI is InChI=1S/C18H26N2O2/c1-4-7-8-14(19)13-9-10-17-15(12-13)20(11-5-2)18(21)16(6-3)22-17/h5,9-10,12,14,16H,2,4,6-8,11,19H2,1,3H3. The highest BCUT2D eigenvalue weighted by molar-refractivity contribution is 6.00. The molecule has 0 bridgehead atoms. The van der Waals surface area contributed by atoms with E-state index in [9.17, 15) is 4.79 Å². The number of benzene rings is 1. The highest BCUT2D eigenvalue weighted by Crippen LogP contribution is 2.37. The van der Waals surface area contributed by atoms with Crippen LogP contribution in [0.25, 0.3) is 0 Å². The summed E-state index contributed by atoms with van der Waals surface area (Å²) in [6.45, 7) is 8.35. The van der Waals surface area contributed by atoms with Crippen molar-refractivity contribution in [2.45, 2.75) is 51.7 Å². The van der Waals surface area contributed by atoms with Crippen LogP contribution >= 0.6 is 0 Å². The Labute approximate surface area is 132 Å². The molecule has 0 fully saturated rings. The third kappa shape index (κ3) is 3.33. The van der Waals surface area contributed by atoms with Crippen LogP contribution in [0.2, 0.25) is 0 Å². The third-order valence-electron chi connectivity index (χ3n) is 4.06. The number of carbonyl (C=O) groups excluding carboxylic acids is 1. The zero-order valence-electron chi connectivity index (χ0n) is 13.5. The normalized spacial score (nSPS) is 18.6. The van der Waals surface area contributed by atoms with Crippen LogP contribution in [-0.2, 0) is 4.79 Å². The van der Waals surface area contributed by atoms with Crippen LogP contribution in [0.5, 0.6) is 5.75 Å². The molecule has 0 radical (unpaired) electrons. The summed E-state index contributed by atoms with van der Waals surface area (Å²) in [6.07, 6.45) is 5.16. The molecule has 1 heterocycles. The van der Waals surface area contributed by atoms with E-state index in [1.807, 2.05) is 25.1 Å². The van der Waals surface area contributed by atoms with Crippen LogP contribution in [0.4, 0.5) is 5.69 Å². The molecule has 2 rings (SSSR count). The van der Waals surface area contributed by atoms with Crippen molar-refractivity contribution < 1.29 is 9.53 Å². The molecule has 1 aromatic rings. The predicted octanol–water partition coefficient (Wildman–Crippen LogP) is 3.57. The van der Waals surface area contributed by atoms with Crippen molar-refractivity contribution in [1.29, 1.82) is 0 Å². The van der Waals surface area contributed by atoms with Crippen LogP contribution < -0.4 is 15.4 Å². The smallest absolute Gasteiger partial charge is 0.268 e. The lowest BCUT2D eigenvalue weighted by Gasteiger charge is -2.34. The third-order valence-corrected chi connectivity index (χ3v) is 4.06. The van der Waals surface area contributed by atoms with Crippen LogP contribution in [0, 0.1) is 0 Å². The lowest BCUT2D eigenvalue weighted by atomic mass is 10.00. The minimum Gasteiger partial charge on any atom is -0.478 e. The second-order valence-electron chi connectivity index (χ2n) is 5.73. The minimum atomic E-state index is -0.410. The van der Waals surface area contributed by atoms with Gasteiger partial charge < -0.3 is 15.4 Å². The van der Waals surface area contributed by atoms with Gasteiger partial charge in [0.25, 0.3) is 5.91 Å². The van der Waals surface area contributed by atoms with E-state index in [1.54, 1.807) is 11.0 Å². The molecule has 1 aliphatic heterocycles. The van der Waals surface area contributed by atoms with Gasteiger partial charge in [0, 0.05) is 12.6 Å². The van der Waals surface area contributed by atoms with E-state index in [-0.39, 0.29) is 11.9 Å². The van der Waals surface area contributed by atoms with E-state index in [1.165, 1.54) is 0 Å². The zero-order chi connectivity index (χ0) is 16.1. The number of anilines is 1. The van der Waals surface area contributed by atoms with Crippen molar-refractivity contribution in [3.8, 4) is 5.75 Å². The molecule has 0 saturated carbocycles. The lowest BCUT2D eigenvalue weighted by molar-refractivity contribution is -0.126. The van der Waals surface area contributed by atoms with E-state index < -0.39 is 6.10 Å². The van der Waals surface area contributed by atoms with Crippen LogP contribution in [0.3, 0.4) is 0 Å². The number of carbonyl (C=O) groups is 1. The highest BCUT2D eigenvalue weighted by Gasteiger charge is 2.32. The number of ether oxygens (including phenoxy) is 1. The molecule has 120 valence electrons. The fraction of sp³-hybridized carbons (Fsp3) is 0.500. The number of hydrogen-bond acceptors (Lipinski definition) is 3. The summed E-state index contributed by atoms with van der Waals surface area (Å²) in [4.78, 5) is 14.2. The molecule has 1 aliphatic rings. The second kappa shape index (κ2) is 7.45. The Morgan fingerprint density at radius 1 is 1.45 bits per heavy atom. The predicted molar refractivity (Wildman–Crippen MR) is 90.2 cm³/mol. The van der Waals surface area contributed by atoms with Gasteiger partial charge in [-0.1, -0.05) is 38.8 Å². The Morgan fingerprint density at radius 3 is 2.86 bits per heavy atom. The molecule has 1 amide bonds. The summed E-state index contributed by atoms with van der Waals surface area (Å²) >= 11 is 0. The first kappa shape index (κ1) is 16.6. The number of unbranched alkanes of at least 4 members (excludes halogenated alkanes) is 1. The van der Waals surface area contributed by atoms with E-state index in [0.717, 1.165) is 36.3 Å². The van der Waals surface area contributed by atoms with Crippen molar-refractivity contribution >= 4 is 11.6 Å². The summed E-state index contributed by atoms with van der Waals surface area (Å²) in [7, 11) is 0. The average Bonchev–Trinajstić information content (AvgIpc) is 2.54. The first-order valence-corrected chi connectivity index (χ1v) is 8.10. The molecule has 4 nitrogen and oxygen atoms in total. The zero-order valence-corrected chi connectivity index (χ0v) is 13.5. The molecule has 22 heavy (non-hydrogen) atoms. The quantitative estimate of drug-likeness (QED) is 0.783. The lowest BCUT2D eigenvalue weighted by Crippen LogP contribution is -2.45. The number of hydrogen-bond donors (Lipinski definition) is 1. The molecule has 2 unspecified atom stereocenters. The molecule has 0 aliphatic carbocycles. The molecule has 0 aromatic heterocycles. The van der Waals surface area contributed by atoms with E-state index in [2.05, 4.69) is 13.5 Å². The fourth-order valence-electron chi connectivity index (χ4n) is 2.74. The van der Waals surface area contributed by atoms with Gasteiger partial charge in [-0.25, -0.2) is 0 Å². The molecule has 4 heteroatoms. The Hall–Kier alpha value is -1.81. The van der Waals surface area contributed by atoms with Gasteiger partial charge in [-0.15, -0.1) is 6.58 Å². The maximum atomic E-state index is 12.5. The maximum absolute atomic E-state index is 12.5. The van der Waals surface area contributed by atoms with Crippen molar-refractivity contribution in [3.63, 3.8) is 0 Å². The number of rotatable bonds is 7. The summed E-state index contributed by atoms with van der Waals surface area (Å²) in [5.41, 5.74) is 8.11. The van der Waals surface area contributed by atoms with Gasteiger partial charge in [0.2, 0.25) is 0 Å². The Kier molecular flexibility index (Phi) is 5.61. The monoisotopic (exact) mass is 302 g/mol. The van der Waals surface area contributed by atoms with Gasteiger partial charge in [-0.05, 0) is 30.5 Å². The number of nitrogens with two attached hydrogens (primary N) is 1. The van der Waals surface area contributed by atoms with Crippen LogP contribution in [0.15, 0.2) is 30.9 Å².